The zero-order valence-electron chi connectivity index (χ0n) is 17.7. The topological polar surface area (TPSA) is 57.8 Å². The van der Waals surface area contributed by atoms with E-state index in [1.54, 1.807) is 0 Å². The Morgan fingerprint density at radius 1 is 1.36 bits per heavy atom. The highest BCUT2D eigenvalue weighted by molar-refractivity contribution is 5.87. The molecule has 0 amide bonds. The Hall–Kier alpha value is -1.90. The predicted molar refractivity (Wildman–Crippen MR) is 116 cm³/mol. The molecule has 0 spiro atoms. The van der Waals surface area contributed by atoms with E-state index >= 15 is 0 Å². The van der Waals surface area contributed by atoms with Crippen molar-refractivity contribution in [3.8, 4) is 12.0 Å². The summed E-state index contributed by atoms with van der Waals surface area (Å²) in [5.41, 5.74) is 8.11. The summed E-state index contributed by atoms with van der Waals surface area (Å²) in [6, 6.07) is 8.00. The Labute approximate surface area is 170 Å². The lowest BCUT2D eigenvalue weighted by Gasteiger charge is -2.37. The summed E-state index contributed by atoms with van der Waals surface area (Å²) >= 11 is 0. The summed E-state index contributed by atoms with van der Waals surface area (Å²) < 4.78 is 0. The maximum Gasteiger partial charge on any atom is 0.127 e. The lowest BCUT2D eigenvalue weighted by molar-refractivity contribution is 0.191. The first-order valence-corrected chi connectivity index (χ1v) is 10.8. The molecular formula is C23H35N5. The Morgan fingerprint density at radius 3 is 3.00 bits per heavy atom. The van der Waals surface area contributed by atoms with E-state index in [9.17, 15) is 0 Å². The molecule has 0 fully saturated rings. The number of nitrogens with zero attached hydrogens (tertiary/aromatic N) is 4. The first-order valence-electron chi connectivity index (χ1n) is 10.8. The Balaban J connectivity index is 1.85. The lowest BCUT2D eigenvalue weighted by atomic mass is 9.90. The number of pyridine rings is 1. The van der Waals surface area contributed by atoms with Gasteiger partial charge in [-0.1, -0.05) is 13.0 Å². The van der Waals surface area contributed by atoms with Crippen LogP contribution in [0.4, 0.5) is 0 Å². The minimum absolute atomic E-state index is 0.314. The van der Waals surface area contributed by atoms with Crippen LogP contribution in [0.25, 0.3) is 0 Å². The van der Waals surface area contributed by atoms with Crippen molar-refractivity contribution in [1.82, 2.24) is 14.8 Å². The zero-order chi connectivity index (χ0) is 20.0. The minimum atomic E-state index is -0.314. The highest BCUT2D eigenvalue weighted by atomic mass is 15.3. The van der Waals surface area contributed by atoms with Crippen molar-refractivity contribution >= 4 is 5.84 Å². The molecule has 3 rings (SSSR count). The van der Waals surface area contributed by atoms with Crippen LogP contribution in [-0.4, -0.2) is 52.3 Å². The van der Waals surface area contributed by atoms with E-state index in [4.69, 9.17) is 15.7 Å². The average Bonchev–Trinajstić information content (AvgIpc) is 2.69. The van der Waals surface area contributed by atoms with Gasteiger partial charge in [-0.3, -0.25) is 19.8 Å². The van der Waals surface area contributed by atoms with Gasteiger partial charge in [0, 0.05) is 18.8 Å². The quantitative estimate of drug-likeness (QED) is 0.526. The van der Waals surface area contributed by atoms with Crippen molar-refractivity contribution in [2.75, 3.05) is 26.2 Å². The SMILES string of the molecule is CCCN1C#CC(C)(C)N=C1CN(CCCCN)C1CCCc2cccnc21. The molecule has 2 heterocycles. The van der Waals surface area contributed by atoms with Gasteiger partial charge in [-0.15, -0.1) is 0 Å². The van der Waals surface area contributed by atoms with Crippen LogP contribution in [0, 0.1) is 12.0 Å². The second-order valence-corrected chi connectivity index (χ2v) is 8.40. The Bertz CT molecular complexity index is 743. The highest BCUT2D eigenvalue weighted by Gasteiger charge is 2.30. The number of unbranched alkanes of at least 4 members (excludes halogenated alkanes) is 1. The number of fused-ring (bicyclic) bond motifs is 1. The first kappa shape index (κ1) is 20.8. The third kappa shape index (κ3) is 5.12. The molecule has 5 heteroatoms. The van der Waals surface area contributed by atoms with Gasteiger partial charge in [-0.2, -0.15) is 0 Å². The molecule has 1 aromatic rings. The molecule has 1 unspecified atom stereocenters. The van der Waals surface area contributed by atoms with Gasteiger partial charge >= 0.3 is 0 Å². The number of hydrogen-bond donors (Lipinski definition) is 1. The van der Waals surface area contributed by atoms with Crippen LogP contribution < -0.4 is 5.73 Å². The summed E-state index contributed by atoms with van der Waals surface area (Å²) in [4.78, 5) is 14.5. The number of nitrogens with two attached hydrogens (primary N) is 1. The molecular weight excluding hydrogens is 346 g/mol. The molecule has 0 saturated heterocycles. The largest absolute Gasteiger partial charge is 0.330 e. The van der Waals surface area contributed by atoms with Crippen molar-refractivity contribution in [3.63, 3.8) is 0 Å². The first-order chi connectivity index (χ1) is 13.5. The van der Waals surface area contributed by atoms with Crippen LogP contribution in [-0.2, 0) is 6.42 Å². The fourth-order valence-electron chi connectivity index (χ4n) is 4.14. The van der Waals surface area contributed by atoms with Crippen LogP contribution >= 0.6 is 0 Å². The molecule has 1 aliphatic heterocycles. The molecule has 1 aliphatic carbocycles. The summed E-state index contributed by atoms with van der Waals surface area (Å²) in [5.74, 6) is 4.38. The number of amidine groups is 1. The molecule has 2 N–H and O–H groups in total. The van der Waals surface area contributed by atoms with Crippen LogP contribution in [0.2, 0.25) is 0 Å². The number of aromatic nitrogens is 1. The second kappa shape index (κ2) is 9.54. The molecule has 0 aromatic carbocycles. The standard InChI is InChI=1S/C23H35N5/c1-4-15-27-17-12-23(2,3)26-21(27)18-28(16-6-5-13-24)20-11-7-9-19-10-8-14-25-22(19)20/h8,10,14,20H,4-7,9,11,13,15-16,18,24H2,1-3H3. The van der Waals surface area contributed by atoms with Crippen molar-refractivity contribution in [3.05, 3.63) is 29.6 Å². The van der Waals surface area contributed by atoms with Crippen molar-refractivity contribution in [2.24, 2.45) is 10.7 Å². The maximum absolute atomic E-state index is 5.77. The van der Waals surface area contributed by atoms with Gasteiger partial charge in [0.25, 0.3) is 0 Å². The van der Waals surface area contributed by atoms with E-state index in [1.165, 1.54) is 17.7 Å². The average molecular weight is 382 g/mol. The van der Waals surface area contributed by atoms with E-state index in [0.717, 1.165) is 64.1 Å². The molecule has 28 heavy (non-hydrogen) atoms. The van der Waals surface area contributed by atoms with Gasteiger partial charge in [-0.05, 0) is 83.0 Å². The van der Waals surface area contributed by atoms with E-state index in [1.807, 2.05) is 6.20 Å². The van der Waals surface area contributed by atoms with Gasteiger partial charge in [0.2, 0.25) is 0 Å². The van der Waals surface area contributed by atoms with Crippen LogP contribution in [0.15, 0.2) is 23.3 Å². The van der Waals surface area contributed by atoms with Crippen LogP contribution in [0.1, 0.15) is 70.2 Å². The monoisotopic (exact) mass is 381 g/mol. The van der Waals surface area contributed by atoms with Crippen LogP contribution in [0.5, 0.6) is 0 Å². The molecule has 0 bridgehead atoms. The number of rotatable bonds is 9. The summed E-state index contributed by atoms with van der Waals surface area (Å²) in [5, 5.41) is 0. The third-order valence-electron chi connectivity index (χ3n) is 5.51. The molecule has 1 atom stereocenters. The minimum Gasteiger partial charge on any atom is -0.330 e. The van der Waals surface area contributed by atoms with Crippen molar-refractivity contribution in [2.45, 2.75) is 70.9 Å². The smallest absolute Gasteiger partial charge is 0.127 e. The fraction of sp³-hybridized carbons (Fsp3) is 0.652. The van der Waals surface area contributed by atoms with Gasteiger partial charge in [0.1, 0.15) is 11.4 Å². The second-order valence-electron chi connectivity index (χ2n) is 8.40. The van der Waals surface area contributed by atoms with Gasteiger partial charge in [0.15, 0.2) is 0 Å². The summed E-state index contributed by atoms with van der Waals surface area (Å²) in [7, 11) is 0. The van der Waals surface area contributed by atoms with E-state index in [-0.39, 0.29) is 5.54 Å². The molecule has 0 radical (unpaired) electrons. The van der Waals surface area contributed by atoms with Gasteiger partial charge < -0.3 is 5.73 Å². The van der Waals surface area contributed by atoms with Gasteiger partial charge in [0.05, 0.1) is 18.3 Å². The fourth-order valence-corrected chi connectivity index (χ4v) is 4.14. The normalized spacial score (nSPS) is 20.4. The Morgan fingerprint density at radius 2 is 2.21 bits per heavy atom. The zero-order valence-corrected chi connectivity index (χ0v) is 17.7. The number of aliphatic imine (C=N–C) groups is 1. The van der Waals surface area contributed by atoms with Crippen LogP contribution in [0.3, 0.4) is 0 Å². The number of aryl methyl sites for hydroxylation is 1. The summed E-state index contributed by atoms with van der Waals surface area (Å²) in [6.45, 7) is 9.90. The molecule has 0 saturated carbocycles. The van der Waals surface area contributed by atoms with E-state index in [0.29, 0.717) is 6.04 Å². The molecule has 5 nitrogen and oxygen atoms in total. The third-order valence-corrected chi connectivity index (χ3v) is 5.51. The summed E-state index contributed by atoms with van der Waals surface area (Å²) in [6.07, 6.45) is 8.66. The Kier molecular flexibility index (Phi) is 7.09. The van der Waals surface area contributed by atoms with Crippen molar-refractivity contribution < 1.29 is 0 Å². The highest BCUT2D eigenvalue weighted by Crippen LogP contribution is 2.33. The van der Waals surface area contributed by atoms with E-state index in [2.05, 4.69) is 54.7 Å². The number of hydrogen-bond acceptors (Lipinski definition) is 5. The molecule has 2 aliphatic rings. The molecule has 1 aromatic heterocycles. The maximum atomic E-state index is 5.77. The predicted octanol–water partition coefficient (Wildman–Crippen LogP) is 3.36. The molecule has 152 valence electrons. The van der Waals surface area contributed by atoms with Crippen molar-refractivity contribution in [1.29, 1.82) is 0 Å². The van der Waals surface area contributed by atoms with E-state index < -0.39 is 0 Å². The van der Waals surface area contributed by atoms with Gasteiger partial charge in [-0.25, -0.2) is 0 Å². The lowest BCUT2D eigenvalue weighted by Crippen LogP contribution is -2.44.